The third-order valence-corrected chi connectivity index (χ3v) is 3.75. The molecule has 1 aliphatic heterocycles. The monoisotopic (exact) mass is 214 g/mol. The van der Waals surface area contributed by atoms with Gasteiger partial charge in [-0.25, -0.2) is 0 Å². The molecule has 1 N–H and O–H groups in total. The van der Waals surface area contributed by atoms with E-state index in [1.54, 1.807) is 7.11 Å². The number of ether oxygens (including phenoxy) is 2. The molecule has 1 heterocycles. The summed E-state index contributed by atoms with van der Waals surface area (Å²) >= 11 is 0. The van der Waals surface area contributed by atoms with Crippen molar-refractivity contribution in [2.45, 2.75) is 19.3 Å². The number of carbonyl (C=O) groups is 1. The summed E-state index contributed by atoms with van der Waals surface area (Å²) in [7, 11) is 1.57. The van der Waals surface area contributed by atoms with Crippen molar-refractivity contribution in [2.24, 2.45) is 10.8 Å². The van der Waals surface area contributed by atoms with Gasteiger partial charge in [0.25, 0.3) is 0 Å². The fourth-order valence-electron chi connectivity index (χ4n) is 2.79. The van der Waals surface area contributed by atoms with Crippen LogP contribution in [-0.2, 0) is 14.3 Å². The van der Waals surface area contributed by atoms with Crippen LogP contribution in [0.2, 0.25) is 0 Å². The van der Waals surface area contributed by atoms with Gasteiger partial charge < -0.3 is 14.6 Å². The number of hydrogen-bond donors (Lipinski definition) is 1. The molecule has 0 amide bonds. The van der Waals surface area contributed by atoms with Crippen LogP contribution in [0.3, 0.4) is 0 Å². The number of aliphatic hydroxyl groups is 1. The molecule has 2 fully saturated rings. The van der Waals surface area contributed by atoms with Crippen LogP contribution in [0.25, 0.3) is 0 Å². The van der Waals surface area contributed by atoms with Crippen LogP contribution in [0.15, 0.2) is 0 Å². The largest absolute Gasteiger partial charge is 0.395 e. The minimum Gasteiger partial charge on any atom is -0.395 e. The topological polar surface area (TPSA) is 55.8 Å². The molecule has 0 radical (unpaired) electrons. The average Bonchev–Trinajstić information content (AvgIpc) is 2.19. The second-order valence-electron chi connectivity index (χ2n) is 4.83. The van der Waals surface area contributed by atoms with E-state index in [-0.39, 0.29) is 17.8 Å². The summed E-state index contributed by atoms with van der Waals surface area (Å²) < 4.78 is 10.2. The second kappa shape index (κ2) is 3.85. The van der Waals surface area contributed by atoms with Crippen LogP contribution in [0.1, 0.15) is 19.3 Å². The lowest BCUT2D eigenvalue weighted by atomic mass is 9.60. The van der Waals surface area contributed by atoms with Crippen LogP contribution in [-0.4, -0.2) is 44.4 Å². The van der Waals surface area contributed by atoms with Crippen LogP contribution in [0.5, 0.6) is 0 Å². The summed E-state index contributed by atoms with van der Waals surface area (Å²) in [6.45, 7) is 1.26. The van der Waals surface area contributed by atoms with Gasteiger partial charge in [-0.15, -0.1) is 0 Å². The summed E-state index contributed by atoms with van der Waals surface area (Å²) in [5.74, 6) is 0.150. The number of rotatable bonds is 3. The standard InChI is InChI=1S/C11H18O4/c1-14-6-10(5-12)3-2-4-11(9(10)13)7-15-8-11/h12H,2-8H2,1H3. The van der Waals surface area contributed by atoms with Gasteiger partial charge in [-0.1, -0.05) is 6.42 Å². The number of aliphatic hydroxyl groups excluding tert-OH is 1. The maximum absolute atomic E-state index is 12.4. The minimum absolute atomic E-state index is 0.110. The van der Waals surface area contributed by atoms with E-state index in [4.69, 9.17) is 9.47 Å². The van der Waals surface area contributed by atoms with Gasteiger partial charge in [0.15, 0.2) is 5.78 Å². The molecule has 4 heteroatoms. The van der Waals surface area contributed by atoms with Gasteiger partial charge >= 0.3 is 0 Å². The van der Waals surface area contributed by atoms with Crippen molar-refractivity contribution in [2.75, 3.05) is 33.5 Å². The van der Waals surface area contributed by atoms with E-state index < -0.39 is 5.41 Å². The Morgan fingerprint density at radius 3 is 2.67 bits per heavy atom. The molecule has 1 saturated heterocycles. The van der Waals surface area contributed by atoms with Gasteiger partial charge in [-0.2, -0.15) is 0 Å². The quantitative estimate of drug-likeness (QED) is 0.738. The predicted octanol–water partition coefficient (Wildman–Crippen LogP) is 0.381. The van der Waals surface area contributed by atoms with Crippen LogP contribution in [0.4, 0.5) is 0 Å². The fraction of sp³-hybridized carbons (Fsp3) is 0.909. The van der Waals surface area contributed by atoms with Gasteiger partial charge in [0.05, 0.1) is 37.3 Å². The van der Waals surface area contributed by atoms with Gasteiger partial charge in [0.2, 0.25) is 0 Å². The normalized spacial score (nSPS) is 34.1. The first kappa shape index (κ1) is 11.0. The molecule has 1 aliphatic carbocycles. The van der Waals surface area contributed by atoms with E-state index in [9.17, 15) is 9.90 Å². The van der Waals surface area contributed by atoms with E-state index in [1.165, 1.54) is 0 Å². The molecule has 1 spiro atoms. The fourth-order valence-corrected chi connectivity index (χ4v) is 2.79. The molecular formula is C11H18O4. The SMILES string of the molecule is COCC1(CO)CCCC2(COC2)C1=O. The van der Waals surface area contributed by atoms with Crippen molar-refractivity contribution in [1.82, 2.24) is 0 Å². The lowest BCUT2D eigenvalue weighted by molar-refractivity contribution is -0.184. The number of Topliss-reactive ketones (excluding diaryl/α,β-unsaturated/α-hetero) is 1. The summed E-state index contributed by atoms with van der Waals surface area (Å²) in [5.41, 5.74) is -0.976. The molecule has 0 aromatic heterocycles. The highest BCUT2D eigenvalue weighted by molar-refractivity contribution is 5.92. The van der Waals surface area contributed by atoms with Crippen LogP contribution < -0.4 is 0 Å². The van der Waals surface area contributed by atoms with E-state index in [2.05, 4.69) is 0 Å². The number of ketones is 1. The summed E-state index contributed by atoms with van der Waals surface area (Å²) in [5, 5.41) is 9.45. The second-order valence-corrected chi connectivity index (χ2v) is 4.83. The van der Waals surface area contributed by atoms with E-state index >= 15 is 0 Å². The highest BCUT2D eigenvalue weighted by Gasteiger charge is 2.56. The third-order valence-electron chi connectivity index (χ3n) is 3.75. The molecule has 15 heavy (non-hydrogen) atoms. The molecule has 0 aromatic carbocycles. The van der Waals surface area contributed by atoms with Crippen LogP contribution in [0, 0.1) is 10.8 Å². The zero-order chi connectivity index (χ0) is 10.9. The van der Waals surface area contributed by atoms with Crippen molar-refractivity contribution in [3.8, 4) is 0 Å². The number of methoxy groups -OCH3 is 1. The first-order valence-electron chi connectivity index (χ1n) is 5.42. The Bertz CT molecular complexity index is 255. The van der Waals surface area contributed by atoms with Crippen molar-refractivity contribution >= 4 is 5.78 Å². The van der Waals surface area contributed by atoms with Crippen molar-refractivity contribution in [3.63, 3.8) is 0 Å². The first-order chi connectivity index (χ1) is 7.19. The lowest BCUT2D eigenvalue weighted by Gasteiger charge is -2.49. The average molecular weight is 214 g/mol. The Morgan fingerprint density at radius 1 is 1.47 bits per heavy atom. The zero-order valence-electron chi connectivity index (χ0n) is 9.12. The number of hydrogen-bond acceptors (Lipinski definition) is 4. The molecule has 4 nitrogen and oxygen atoms in total. The van der Waals surface area contributed by atoms with Gasteiger partial charge in [0, 0.05) is 7.11 Å². The first-order valence-corrected chi connectivity index (χ1v) is 5.42. The maximum Gasteiger partial charge on any atom is 0.154 e. The van der Waals surface area contributed by atoms with Crippen molar-refractivity contribution in [1.29, 1.82) is 0 Å². The van der Waals surface area contributed by atoms with Crippen LogP contribution >= 0.6 is 0 Å². The molecule has 1 saturated carbocycles. The maximum atomic E-state index is 12.4. The predicted molar refractivity (Wildman–Crippen MR) is 53.5 cm³/mol. The summed E-state index contributed by atoms with van der Waals surface area (Å²) in [4.78, 5) is 12.4. The highest BCUT2D eigenvalue weighted by atomic mass is 16.5. The number of carbonyl (C=O) groups excluding carboxylic acids is 1. The summed E-state index contributed by atoms with van der Waals surface area (Å²) in [6, 6.07) is 0. The molecule has 1 unspecified atom stereocenters. The Balaban J connectivity index is 2.20. The smallest absolute Gasteiger partial charge is 0.154 e. The van der Waals surface area contributed by atoms with Crippen molar-refractivity contribution in [3.05, 3.63) is 0 Å². The summed E-state index contributed by atoms with van der Waals surface area (Å²) in [6.07, 6.45) is 2.61. The van der Waals surface area contributed by atoms with Gasteiger partial charge in [-0.3, -0.25) is 4.79 Å². The Kier molecular flexibility index (Phi) is 2.83. The van der Waals surface area contributed by atoms with E-state index in [0.717, 1.165) is 19.3 Å². The molecule has 0 bridgehead atoms. The molecular weight excluding hydrogens is 196 g/mol. The van der Waals surface area contributed by atoms with E-state index in [1.807, 2.05) is 0 Å². The van der Waals surface area contributed by atoms with E-state index in [0.29, 0.717) is 19.8 Å². The third kappa shape index (κ3) is 1.51. The minimum atomic E-state index is -0.670. The van der Waals surface area contributed by atoms with Gasteiger partial charge in [-0.05, 0) is 12.8 Å². The Morgan fingerprint density at radius 2 is 2.20 bits per heavy atom. The lowest BCUT2D eigenvalue weighted by Crippen LogP contribution is -2.59. The Hall–Kier alpha value is -0.450. The Labute approximate surface area is 89.6 Å². The molecule has 2 aliphatic rings. The molecule has 1 atom stereocenters. The molecule has 0 aromatic rings. The zero-order valence-corrected chi connectivity index (χ0v) is 9.12. The molecule has 2 rings (SSSR count). The molecule has 86 valence electrons. The highest BCUT2D eigenvalue weighted by Crippen LogP contribution is 2.47. The van der Waals surface area contributed by atoms with Gasteiger partial charge in [0.1, 0.15) is 0 Å². The van der Waals surface area contributed by atoms with Crippen molar-refractivity contribution < 1.29 is 19.4 Å².